The van der Waals surface area contributed by atoms with Crippen molar-refractivity contribution < 1.29 is 9.18 Å². The number of nitrogens with zero attached hydrogens (tertiary/aromatic N) is 3. The number of thioether (sulfide) groups is 1. The summed E-state index contributed by atoms with van der Waals surface area (Å²) < 4.78 is 15.3. The van der Waals surface area contributed by atoms with E-state index in [1.807, 2.05) is 41.1 Å². The SMILES string of the molecule is CC1(C)CC(=O)C2=C(C1)Nc1nc(SCc3cccc(F)c3)nn1C2c1ccccc1. The molecule has 2 heterocycles. The Labute approximate surface area is 184 Å². The van der Waals surface area contributed by atoms with Gasteiger partial charge in [0.2, 0.25) is 11.1 Å². The molecule has 0 saturated heterocycles. The van der Waals surface area contributed by atoms with E-state index in [2.05, 4.69) is 19.2 Å². The van der Waals surface area contributed by atoms with Crippen LogP contribution in [0.25, 0.3) is 0 Å². The summed E-state index contributed by atoms with van der Waals surface area (Å²) in [5.74, 6) is 1.11. The highest BCUT2D eigenvalue weighted by molar-refractivity contribution is 7.98. The molecule has 7 heteroatoms. The number of nitrogens with one attached hydrogen (secondary N) is 1. The van der Waals surface area contributed by atoms with Crippen molar-refractivity contribution in [2.45, 2.75) is 43.6 Å². The molecule has 1 N–H and O–H groups in total. The van der Waals surface area contributed by atoms with Crippen LogP contribution < -0.4 is 5.32 Å². The largest absolute Gasteiger partial charge is 0.328 e. The van der Waals surface area contributed by atoms with Crippen LogP contribution in [0.2, 0.25) is 0 Å². The topological polar surface area (TPSA) is 59.8 Å². The number of ketones is 1. The Hall–Kier alpha value is -2.93. The van der Waals surface area contributed by atoms with Crippen LogP contribution in [-0.4, -0.2) is 20.5 Å². The average Bonchev–Trinajstić information content (AvgIpc) is 3.13. The Morgan fingerprint density at radius 3 is 2.74 bits per heavy atom. The number of fused-ring (bicyclic) bond motifs is 1. The van der Waals surface area contributed by atoms with E-state index < -0.39 is 0 Å². The number of aromatic nitrogens is 3. The van der Waals surface area contributed by atoms with Crippen LogP contribution in [0, 0.1) is 11.2 Å². The van der Waals surface area contributed by atoms with Crippen molar-refractivity contribution in [3.8, 4) is 0 Å². The summed E-state index contributed by atoms with van der Waals surface area (Å²) >= 11 is 1.45. The molecule has 3 aromatic rings. The molecule has 158 valence electrons. The first-order valence-corrected chi connectivity index (χ1v) is 11.3. The minimum Gasteiger partial charge on any atom is -0.328 e. The Morgan fingerprint density at radius 2 is 1.97 bits per heavy atom. The number of carbonyl (C=O) groups is 1. The maximum Gasteiger partial charge on any atom is 0.227 e. The minimum absolute atomic E-state index is 0.0959. The van der Waals surface area contributed by atoms with Gasteiger partial charge in [-0.1, -0.05) is 68.1 Å². The van der Waals surface area contributed by atoms with Gasteiger partial charge in [0.1, 0.15) is 11.9 Å². The molecule has 0 saturated carbocycles. The standard InChI is InChI=1S/C24H23FN4OS/c1-24(2)12-18-20(19(30)13-24)21(16-8-4-3-5-9-16)29-22(26-18)27-23(28-29)31-14-15-7-6-10-17(25)11-15/h3-11,21H,12-14H2,1-2H3,(H,26,27,28). The average molecular weight is 435 g/mol. The van der Waals surface area contributed by atoms with Gasteiger partial charge in [-0.25, -0.2) is 9.07 Å². The minimum atomic E-state index is -0.299. The van der Waals surface area contributed by atoms with Crippen molar-refractivity contribution in [2.24, 2.45) is 5.41 Å². The van der Waals surface area contributed by atoms with Gasteiger partial charge in [0.05, 0.1) is 0 Å². The summed E-state index contributed by atoms with van der Waals surface area (Å²) in [7, 11) is 0. The quantitative estimate of drug-likeness (QED) is 0.560. The number of carbonyl (C=O) groups excluding carboxylic acids is 1. The zero-order valence-electron chi connectivity index (χ0n) is 17.4. The molecule has 1 aliphatic carbocycles. The van der Waals surface area contributed by atoms with Gasteiger partial charge in [-0.3, -0.25) is 4.79 Å². The van der Waals surface area contributed by atoms with Gasteiger partial charge >= 0.3 is 0 Å². The molecule has 1 atom stereocenters. The zero-order valence-corrected chi connectivity index (χ0v) is 18.2. The highest BCUT2D eigenvalue weighted by Gasteiger charge is 2.41. The predicted octanol–water partition coefficient (Wildman–Crippen LogP) is 5.37. The number of rotatable bonds is 4. The van der Waals surface area contributed by atoms with Crippen molar-refractivity contribution >= 4 is 23.5 Å². The van der Waals surface area contributed by atoms with E-state index in [-0.39, 0.29) is 23.1 Å². The van der Waals surface area contributed by atoms with Gasteiger partial charge < -0.3 is 5.32 Å². The summed E-state index contributed by atoms with van der Waals surface area (Å²) in [6.45, 7) is 4.24. The highest BCUT2D eigenvalue weighted by Crippen LogP contribution is 2.45. The molecule has 0 amide bonds. The Morgan fingerprint density at radius 1 is 1.16 bits per heavy atom. The third-order valence-electron chi connectivity index (χ3n) is 5.68. The maximum absolute atomic E-state index is 13.5. The first kappa shape index (κ1) is 20.0. The summed E-state index contributed by atoms with van der Waals surface area (Å²) in [5.41, 5.74) is 3.51. The van der Waals surface area contributed by atoms with Gasteiger partial charge in [-0.15, -0.1) is 5.10 Å². The molecule has 5 rings (SSSR count). The second kappa shape index (κ2) is 7.64. The number of hydrogen-bond acceptors (Lipinski definition) is 5. The molecule has 1 aromatic heterocycles. The number of benzene rings is 2. The molecule has 0 fully saturated rings. The van der Waals surface area contributed by atoms with Crippen LogP contribution in [0.3, 0.4) is 0 Å². The first-order valence-electron chi connectivity index (χ1n) is 10.3. The lowest BCUT2D eigenvalue weighted by molar-refractivity contribution is -0.118. The van der Waals surface area contributed by atoms with Crippen molar-refractivity contribution in [1.82, 2.24) is 14.8 Å². The highest BCUT2D eigenvalue weighted by atomic mass is 32.2. The lowest BCUT2D eigenvalue weighted by Gasteiger charge is -2.38. The second-order valence-corrected chi connectivity index (χ2v) is 9.80. The fourth-order valence-corrected chi connectivity index (χ4v) is 5.14. The van der Waals surface area contributed by atoms with Gasteiger partial charge in [0, 0.05) is 23.4 Å². The smallest absolute Gasteiger partial charge is 0.227 e. The van der Waals surface area contributed by atoms with E-state index in [0.29, 0.717) is 23.3 Å². The predicted molar refractivity (Wildman–Crippen MR) is 119 cm³/mol. The van der Waals surface area contributed by atoms with Gasteiger partial charge in [-0.2, -0.15) is 4.98 Å². The number of Topliss-reactive ketones (excluding diaryl/α,β-unsaturated/α-hetero) is 1. The van der Waals surface area contributed by atoms with Crippen molar-refractivity contribution in [3.05, 3.63) is 82.8 Å². The Kier molecular flexibility index (Phi) is 4.93. The molecule has 31 heavy (non-hydrogen) atoms. The molecule has 1 aliphatic heterocycles. The fourth-order valence-electron chi connectivity index (χ4n) is 4.37. The van der Waals surface area contributed by atoms with E-state index >= 15 is 0 Å². The third-order valence-corrected chi connectivity index (χ3v) is 6.59. The summed E-state index contributed by atoms with van der Waals surface area (Å²) in [4.78, 5) is 17.9. The van der Waals surface area contributed by atoms with Gasteiger partial charge in [-0.05, 0) is 35.1 Å². The zero-order chi connectivity index (χ0) is 21.6. The van der Waals surface area contributed by atoms with E-state index in [0.717, 1.165) is 28.8 Å². The van der Waals surface area contributed by atoms with Crippen LogP contribution >= 0.6 is 11.8 Å². The molecule has 2 aliphatic rings. The van der Waals surface area contributed by atoms with Crippen molar-refractivity contribution in [1.29, 1.82) is 0 Å². The number of anilines is 1. The van der Waals surface area contributed by atoms with E-state index in [4.69, 9.17) is 10.1 Å². The van der Waals surface area contributed by atoms with Crippen LogP contribution in [0.1, 0.15) is 43.9 Å². The number of hydrogen-bond donors (Lipinski definition) is 1. The Balaban J connectivity index is 1.51. The molecule has 2 aromatic carbocycles. The molecule has 5 nitrogen and oxygen atoms in total. The molecule has 0 bridgehead atoms. The normalized spacial score (nSPS) is 19.6. The van der Waals surface area contributed by atoms with E-state index in [1.165, 1.54) is 23.9 Å². The fraction of sp³-hybridized carbons (Fsp3) is 0.292. The van der Waals surface area contributed by atoms with Gasteiger partial charge in [0.15, 0.2) is 5.78 Å². The lowest BCUT2D eigenvalue weighted by atomic mass is 9.73. The number of allylic oxidation sites excluding steroid dienone is 2. The molecular formula is C24H23FN4OS. The second-order valence-electron chi connectivity index (χ2n) is 8.85. The van der Waals surface area contributed by atoms with Crippen LogP contribution in [0.15, 0.2) is 71.0 Å². The first-order chi connectivity index (χ1) is 14.9. The summed E-state index contributed by atoms with van der Waals surface area (Å²) in [5, 5.41) is 8.72. The van der Waals surface area contributed by atoms with Crippen LogP contribution in [0.5, 0.6) is 0 Å². The van der Waals surface area contributed by atoms with E-state index in [1.54, 1.807) is 6.07 Å². The van der Waals surface area contributed by atoms with Crippen molar-refractivity contribution in [2.75, 3.05) is 5.32 Å². The summed E-state index contributed by atoms with van der Waals surface area (Å²) in [6, 6.07) is 16.2. The number of halogens is 1. The maximum atomic E-state index is 13.5. The molecular weight excluding hydrogens is 411 g/mol. The Bertz CT molecular complexity index is 1190. The molecule has 0 spiro atoms. The monoisotopic (exact) mass is 434 g/mol. The van der Waals surface area contributed by atoms with E-state index in [9.17, 15) is 9.18 Å². The lowest BCUT2D eigenvalue weighted by Crippen LogP contribution is -2.36. The molecule has 1 unspecified atom stereocenters. The van der Waals surface area contributed by atoms with Crippen molar-refractivity contribution in [3.63, 3.8) is 0 Å². The van der Waals surface area contributed by atoms with Crippen LogP contribution in [-0.2, 0) is 10.5 Å². The molecule has 0 radical (unpaired) electrons. The third kappa shape index (κ3) is 3.90. The van der Waals surface area contributed by atoms with Crippen LogP contribution in [0.4, 0.5) is 10.3 Å². The van der Waals surface area contributed by atoms with Gasteiger partial charge in [0.25, 0.3) is 0 Å². The summed E-state index contributed by atoms with van der Waals surface area (Å²) in [6.07, 6.45) is 1.30.